The second-order valence-electron chi connectivity index (χ2n) is 5.15. The van der Waals surface area contributed by atoms with E-state index in [0.717, 1.165) is 0 Å². The molecule has 2 unspecified atom stereocenters. The molecule has 0 bridgehead atoms. The van der Waals surface area contributed by atoms with Crippen LogP contribution in [0.3, 0.4) is 0 Å². The zero-order valence-electron chi connectivity index (χ0n) is 9.92. The van der Waals surface area contributed by atoms with Crippen molar-refractivity contribution in [3.63, 3.8) is 0 Å². The van der Waals surface area contributed by atoms with Gasteiger partial charge in [0.15, 0.2) is 9.84 Å². The van der Waals surface area contributed by atoms with Gasteiger partial charge in [0.2, 0.25) is 0 Å². The van der Waals surface area contributed by atoms with E-state index in [-0.39, 0.29) is 0 Å². The Bertz CT molecular complexity index is 758. The summed E-state index contributed by atoms with van der Waals surface area (Å²) in [5.74, 6) is 1.07. The Balaban J connectivity index is 1.72. The first-order valence-electron chi connectivity index (χ1n) is 6.00. The molecule has 2 nitrogen and oxygen atoms in total. The molecular formula is C15H12O2S. The van der Waals surface area contributed by atoms with Gasteiger partial charge >= 0.3 is 0 Å². The van der Waals surface area contributed by atoms with Crippen LogP contribution in [0.15, 0.2) is 47.4 Å². The molecule has 0 spiro atoms. The van der Waals surface area contributed by atoms with Crippen molar-refractivity contribution in [3.8, 4) is 0 Å². The van der Waals surface area contributed by atoms with Crippen LogP contribution in [0.5, 0.6) is 0 Å². The van der Waals surface area contributed by atoms with Crippen LogP contribution in [0.4, 0.5) is 0 Å². The lowest BCUT2D eigenvalue weighted by Gasteiger charge is -2.24. The molecule has 18 heavy (non-hydrogen) atoms. The van der Waals surface area contributed by atoms with Gasteiger partial charge in [0.25, 0.3) is 0 Å². The van der Waals surface area contributed by atoms with Gasteiger partial charge in [-0.05, 0) is 34.4 Å². The summed E-state index contributed by atoms with van der Waals surface area (Å²) in [5.41, 5.74) is 5.64. The van der Waals surface area contributed by atoms with E-state index in [1.165, 1.54) is 28.5 Å². The van der Waals surface area contributed by atoms with Crippen molar-refractivity contribution in [3.05, 3.63) is 64.7 Å². The third kappa shape index (κ3) is 1.20. The fraction of sp³-hybridized carbons (Fsp3) is 0.200. The first-order valence-corrected chi connectivity index (χ1v) is 7.89. The number of hydrogen-bond donors (Lipinski definition) is 0. The Kier molecular flexibility index (Phi) is 1.74. The standard InChI is InChI=1S/C15H12O2S/c1-18(16,17)10-7-5-9(6-8-10)13-11-3-2-4-12-14(11)15(12)13/h2-8,13,15H,1H3. The molecule has 3 heteroatoms. The molecule has 0 radical (unpaired) electrons. The first kappa shape index (κ1) is 10.3. The van der Waals surface area contributed by atoms with Crippen molar-refractivity contribution in [1.29, 1.82) is 0 Å². The minimum atomic E-state index is -3.09. The van der Waals surface area contributed by atoms with Gasteiger partial charge in [0.1, 0.15) is 0 Å². The molecule has 0 aromatic heterocycles. The molecule has 4 rings (SSSR count). The third-order valence-electron chi connectivity index (χ3n) is 4.07. The summed E-state index contributed by atoms with van der Waals surface area (Å²) in [4.78, 5) is 0.397. The largest absolute Gasteiger partial charge is 0.224 e. The molecule has 2 aromatic carbocycles. The SMILES string of the molecule is CS(=O)(=O)c1ccc(C2c3cccc4c3C42)cc1. The van der Waals surface area contributed by atoms with Gasteiger partial charge in [-0.3, -0.25) is 0 Å². The van der Waals surface area contributed by atoms with Crippen LogP contribution in [-0.2, 0) is 9.84 Å². The van der Waals surface area contributed by atoms with Gasteiger partial charge in [-0.2, -0.15) is 0 Å². The predicted octanol–water partition coefficient (Wildman–Crippen LogP) is 2.68. The van der Waals surface area contributed by atoms with Crippen molar-refractivity contribution < 1.29 is 8.42 Å². The Hall–Kier alpha value is -1.61. The molecule has 2 aliphatic carbocycles. The Morgan fingerprint density at radius 1 is 0.889 bits per heavy atom. The summed E-state index contributed by atoms with van der Waals surface area (Å²) in [6, 6.07) is 13.8. The van der Waals surface area contributed by atoms with Crippen LogP contribution in [-0.4, -0.2) is 14.7 Å². The molecule has 2 aromatic rings. The molecule has 0 saturated heterocycles. The lowest BCUT2D eigenvalue weighted by Crippen LogP contribution is -2.10. The molecule has 2 atom stereocenters. The maximum Gasteiger partial charge on any atom is 0.175 e. The molecule has 2 aliphatic rings. The zero-order chi connectivity index (χ0) is 12.5. The second kappa shape index (κ2) is 3.04. The van der Waals surface area contributed by atoms with Crippen molar-refractivity contribution in [1.82, 2.24) is 0 Å². The van der Waals surface area contributed by atoms with E-state index in [9.17, 15) is 8.42 Å². The lowest BCUT2D eigenvalue weighted by atomic mass is 9.79. The smallest absolute Gasteiger partial charge is 0.175 e. The number of fused-ring (bicyclic) bond motifs is 1. The van der Waals surface area contributed by atoms with Crippen LogP contribution >= 0.6 is 0 Å². The van der Waals surface area contributed by atoms with E-state index in [1.807, 2.05) is 12.1 Å². The molecule has 0 saturated carbocycles. The van der Waals surface area contributed by atoms with Gasteiger partial charge in [0.05, 0.1) is 4.90 Å². The number of benzene rings is 2. The minimum absolute atomic E-state index is 0.397. The van der Waals surface area contributed by atoms with Gasteiger partial charge in [-0.15, -0.1) is 0 Å². The van der Waals surface area contributed by atoms with E-state index in [2.05, 4.69) is 18.2 Å². The highest BCUT2D eigenvalue weighted by atomic mass is 32.2. The molecule has 0 aliphatic heterocycles. The molecule has 0 fully saturated rings. The van der Waals surface area contributed by atoms with E-state index < -0.39 is 9.84 Å². The van der Waals surface area contributed by atoms with Gasteiger partial charge in [-0.25, -0.2) is 8.42 Å². The normalized spacial score (nSPS) is 23.2. The van der Waals surface area contributed by atoms with E-state index in [0.29, 0.717) is 16.7 Å². The second-order valence-corrected chi connectivity index (χ2v) is 7.16. The zero-order valence-corrected chi connectivity index (χ0v) is 10.7. The van der Waals surface area contributed by atoms with Gasteiger partial charge in [0, 0.05) is 18.1 Å². The fourth-order valence-electron chi connectivity index (χ4n) is 3.14. The summed E-state index contributed by atoms with van der Waals surface area (Å²) in [5, 5.41) is 0. The maximum atomic E-state index is 11.4. The topological polar surface area (TPSA) is 34.1 Å². The summed E-state index contributed by atoms with van der Waals surface area (Å²) in [6.07, 6.45) is 1.24. The van der Waals surface area contributed by atoms with E-state index >= 15 is 0 Å². The highest BCUT2D eigenvalue weighted by Gasteiger charge is 2.52. The third-order valence-corrected chi connectivity index (χ3v) is 5.20. The summed E-state index contributed by atoms with van der Waals surface area (Å²) < 4.78 is 22.8. The van der Waals surface area contributed by atoms with E-state index in [1.54, 1.807) is 12.1 Å². The highest BCUT2D eigenvalue weighted by molar-refractivity contribution is 7.90. The predicted molar refractivity (Wildman–Crippen MR) is 69.7 cm³/mol. The van der Waals surface area contributed by atoms with Gasteiger partial charge < -0.3 is 0 Å². The summed E-state index contributed by atoms with van der Waals surface area (Å²) in [6.45, 7) is 0. The van der Waals surface area contributed by atoms with Gasteiger partial charge in [-0.1, -0.05) is 30.3 Å². The van der Waals surface area contributed by atoms with Crippen LogP contribution in [0, 0.1) is 0 Å². The van der Waals surface area contributed by atoms with Crippen LogP contribution < -0.4 is 0 Å². The minimum Gasteiger partial charge on any atom is -0.224 e. The number of sulfone groups is 1. The molecule has 0 amide bonds. The average Bonchev–Trinajstić information content (AvgIpc) is 2.99. The quantitative estimate of drug-likeness (QED) is 0.828. The van der Waals surface area contributed by atoms with E-state index in [4.69, 9.17) is 0 Å². The molecular weight excluding hydrogens is 244 g/mol. The maximum absolute atomic E-state index is 11.4. The Labute approximate surface area is 106 Å². The van der Waals surface area contributed by atoms with Crippen LogP contribution in [0.25, 0.3) is 0 Å². The first-order chi connectivity index (χ1) is 8.57. The molecule has 0 N–H and O–H groups in total. The number of rotatable bonds is 2. The lowest BCUT2D eigenvalue weighted by molar-refractivity contribution is 0.601. The average molecular weight is 256 g/mol. The summed E-state index contributed by atoms with van der Waals surface area (Å²) in [7, 11) is -3.09. The van der Waals surface area contributed by atoms with Crippen molar-refractivity contribution >= 4 is 9.84 Å². The molecule has 0 heterocycles. The highest BCUT2D eigenvalue weighted by Crippen LogP contribution is 2.66. The summed E-state index contributed by atoms with van der Waals surface area (Å²) >= 11 is 0. The van der Waals surface area contributed by atoms with Crippen molar-refractivity contribution in [2.45, 2.75) is 16.7 Å². The van der Waals surface area contributed by atoms with Crippen LogP contribution in [0.2, 0.25) is 0 Å². The fourth-order valence-corrected chi connectivity index (χ4v) is 3.77. The van der Waals surface area contributed by atoms with Crippen LogP contribution in [0.1, 0.15) is 34.1 Å². The Morgan fingerprint density at radius 3 is 2.06 bits per heavy atom. The Morgan fingerprint density at radius 2 is 1.50 bits per heavy atom. The monoisotopic (exact) mass is 256 g/mol. The molecule has 90 valence electrons. The van der Waals surface area contributed by atoms with Crippen molar-refractivity contribution in [2.24, 2.45) is 0 Å². The number of hydrogen-bond acceptors (Lipinski definition) is 2. The van der Waals surface area contributed by atoms with Crippen molar-refractivity contribution in [2.75, 3.05) is 6.26 Å².